The molecule has 17 heavy (non-hydrogen) atoms. The van der Waals surface area contributed by atoms with Crippen LogP contribution in [0.1, 0.15) is 0 Å². The fourth-order valence-corrected chi connectivity index (χ4v) is 2.00. The van der Waals surface area contributed by atoms with Crippen molar-refractivity contribution in [2.45, 2.75) is 0 Å². The molecule has 1 aromatic carbocycles. The van der Waals surface area contributed by atoms with Crippen molar-refractivity contribution in [1.29, 1.82) is 0 Å². The topological polar surface area (TPSA) is 61.0 Å². The molecular formula is C12H14N4O. The molecule has 0 atom stereocenters. The molecule has 5 nitrogen and oxygen atoms in total. The Kier molecular flexibility index (Phi) is 2.33. The number of benzene rings is 1. The second-order valence-electron chi connectivity index (χ2n) is 4.36. The maximum atomic E-state index is 12.1. The molecule has 2 N–H and O–H groups in total. The number of carbonyl (C=O) groups excluding carboxylic acids is 1. The monoisotopic (exact) mass is 230 g/mol. The van der Waals surface area contributed by atoms with Crippen molar-refractivity contribution in [3.05, 3.63) is 24.5 Å². The lowest BCUT2D eigenvalue weighted by Crippen LogP contribution is -2.51. The van der Waals surface area contributed by atoms with Crippen LogP contribution in [-0.4, -0.2) is 36.0 Å². The van der Waals surface area contributed by atoms with Gasteiger partial charge in [-0.2, -0.15) is 0 Å². The first-order chi connectivity index (χ1) is 8.25. The number of rotatable bonds is 2. The largest absolute Gasteiger partial charge is 0.345 e. The van der Waals surface area contributed by atoms with E-state index in [0.717, 1.165) is 29.8 Å². The van der Waals surface area contributed by atoms with Crippen molar-refractivity contribution in [2.75, 3.05) is 25.0 Å². The molecule has 2 aromatic rings. The van der Waals surface area contributed by atoms with Crippen LogP contribution in [0, 0.1) is 5.92 Å². The highest BCUT2D eigenvalue weighted by molar-refractivity contribution is 5.96. The summed E-state index contributed by atoms with van der Waals surface area (Å²) in [5, 5.41) is 3.11. The summed E-state index contributed by atoms with van der Waals surface area (Å²) < 4.78 is 0. The van der Waals surface area contributed by atoms with Crippen LogP contribution in [0.5, 0.6) is 0 Å². The number of imidazole rings is 1. The normalized spacial score (nSPS) is 15.8. The van der Waals surface area contributed by atoms with Crippen molar-refractivity contribution in [3.8, 4) is 0 Å². The van der Waals surface area contributed by atoms with Gasteiger partial charge in [-0.25, -0.2) is 4.98 Å². The number of anilines is 1. The van der Waals surface area contributed by atoms with E-state index in [0.29, 0.717) is 0 Å². The number of carbonyl (C=O) groups is 1. The highest BCUT2D eigenvalue weighted by Gasteiger charge is 2.28. The smallest absolute Gasteiger partial charge is 0.232 e. The summed E-state index contributed by atoms with van der Waals surface area (Å²) in [6.45, 7) is 1.57. The first-order valence-corrected chi connectivity index (χ1v) is 5.67. The van der Waals surface area contributed by atoms with E-state index >= 15 is 0 Å². The Morgan fingerprint density at radius 1 is 1.47 bits per heavy atom. The molecule has 0 aliphatic carbocycles. The van der Waals surface area contributed by atoms with Gasteiger partial charge in [0.1, 0.15) is 0 Å². The van der Waals surface area contributed by atoms with Crippen LogP contribution >= 0.6 is 0 Å². The number of nitrogens with one attached hydrogen (secondary N) is 2. The Morgan fingerprint density at radius 2 is 2.29 bits per heavy atom. The number of hydrogen-bond acceptors (Lipinski definition) is 3. The van der Waals surface area contributed by atoms with E-state index in [1.54, 1.807) is 11.2 Å². The first kappa shape index (κ1) is 10.3. The maximum Gasteiger partial charge on any atom is 0.232 e. The Morgan fingerprint density at radius 3 is 3.00 bits per heavy atom. The second-order valence-corrected chi connectivity index (χ2v) is 4.36. The van der Waals surface area contributed by atoms with Gasteiger partial charge < -0.3 is 15.2 Å². The van der Waals surface area contributed by atoms with Gasteiger partial charge in [0.15, 0.2) is 0 Å². The summed E-state index contributed by atoms with van der Waals surface area (Å²) in [6.07, 6.45) is 1.66. The minimum absolute atomic E-state index is 0.123. The SMILES string of the molecule is CN(C(=O)C1CNC1)c1ccc2nc[nH]c2c1. The molecule has 0 radical (unpaired) electrons. The molecule has 1 saturated heterocycles. The summed E-state index contributed by atoms with van der Waals surface area (Å²) in [5.74, 6) is 0.292. The number of hydrogen-bond donors (Lipinski definition) is 2. The molecular weight excluding hydrogens is 216 g/mol. The number of fused-ring (bicyclic) bond motifs is 1. The van der Waals surface area contributed by atoms with Crippen molar-refractivity contribution < 1.29 is 4.79 Å². The fraction of sp³-hybridized carbons (Fsp3) is 0.333. The van der Waals surface area contributed by atoms with Crippen LogP contribution in [-0.2, 0) is 4.79 Å². The highest BCUT2D eigenvalue weighted by Crippen LogP contribution is 2.21. The number of aromatic nitrogens is 2. The molecule has 1 aliphatic heterocycles. The van der Waals surface area contributed by atoms with Crippen molar-refractivity contribution in [3.63, 3.8) is 0 Å². The summed E-state index contributed by atoms with van der Waals surface area (Å²) in [6, 6.07) is 5.80. The molecule has 5 heteroatoms. The van der Waals surface area contributed by atoms with E-state index in [9.17, 15) is 4.79 Å². The van der Waals surface area contributed by atoms with E-state index in [-0.39, 0.29) is 11.8 Å². The molecule has 0 bridgehead atoms. The van der Waals surface area contributed by atoms with Crippen LogP contribution in [0.4, 0.5) is 5.69 Å². The molecule has 0 saturated carbocycles. The molecule has 88 valence electrons. The van der Waals surface area contributed by atoms with Crippen LogP contribution in [0.2, 0.25) is 0 Å². The van der Waals surface area contributed by atoms with Crippen LogP contribution < -0.4 is 10.2 Å². The lowest BCUT2D eigenvalue weighted by Gasteiger charge is -2.30. The number of nitrogens with zero attached hydrogens (tertiary/aromatic N) is 2. The Bertz CT molecular complexity index is 558. The van der Waals surface area contributed by atoms with Crippen LogP contribution in [0.15, 0.2) is 24.5 Å². The van der Waals surface area contributed by atoms with Crippen molar-refractivity contribution in [1.82, 2.24) is 15.3 Å². The Labute approximate surface area is 98.8 Å². The van der Waals surface area contributed by atoms with Gasteiger partial charge in [0.2, 0.25) is 5.91 Å². The van der Waals surface area contributed by atoms with Gasteiger partial charge in [-0.3, -0.25) is 4.79 Å². The molecule has 0 spiro atoms. The van der Waals surface area contributed by atoms with E-state index in [4.69, 9.17) is 0 Å². The quantitative estimate of drug-likeness (QED) is 0.800. The van der Waals surface area contributed by atoms with E-state index in [1.165, 1.54) is 0 Å². The lowest BCUT2D eigenvalue weighted by molar-refractivity contribution is -0.123. The zero-order valence-electron chi connectivity index (χ0n) is 9.60. The van der Waals surface area contributed by atoms with Crippen molar-refractivity contribution in [2.24, 2.45) is 5.92 Å². The predicted octanol–water partition coefficient (Wildman–Crippen LogP) is 0.745. The van der Waals surface area contributed by atoms with Gasteiger partial charge in [0.25, 0.3) is 0 Å². The number of H-pyrrole nitrogens is 1. The standard InChI is InChI=1S/C12H14N4O/c1-16(12(17)8-5-13-6-8)9-2-3-10-11(4-9)15-7-14-10/h2-4,7-8,13H,5-6H2,1H3,(H,14,15). The number of amides is 1. The molecule has 2 heterocycles. The lowest BCUT2D eigenvalue weighted by atomic mass is 10.0. The Balaban J connectivity index is 1.88. The third kappa shape index (κ3) is 1.68. The molecule has 0 unspecified atom stereocenters. The average molecular weight is 230 g/mol. The molecule has 1 aromatic heterocycles. The molecule has 1 fully saturated rings. The summed E-state index contributed by atoms with van der Waals surface area (Å²) in [7, 11) is 1.82. The van der Waals surface area contributed by atoms with E-state index in [1.807, 2.05) is 25.2 Å². The maximum absolute atomic E-state index is 12.1. The van der Waals surface area contributed by atoms with Crippen LogP contribution in [0.3, 0.4) is 0 Å². The molecule has 3 rings (SSSR count). The number of aromatic amines is 1. The van der Waals surface area contributed by atoms with E-state index in [2.05, 4.69) is 15.3 Å². The minimum atomic E-state index is 0.123. The van der Waals surface area contributed by atoms with E-state index < -0.39 is 0 Å². The van der Waals surface area contributed by atoms with Gasteiger partial charge in [-0.05, 0) is 18.2 Å². The van der Waals surface area contributed by atoms with Crippen molar-refractivity contribution >= 4 is 22.6 Å². The zero-order valence-corrected chi connectivity index (χ0v) is 9.60. The summed E-state index contributed by atoms with van der Waals surface area (Å²) >= 11 is 0. The minimum Gasteiger partial charge on any atom is -0.345 e. The van der Waals surface area contributed by atoms with Gasteiger partial charge in [-0.1, -0.05) is 0 Å². The highest BCUT2D eigenvalue weighted by atomic mass is 16.2. The van der Waals surface area contributed by atoms with Gasteiger partial charge in [-0.15, -0.1) is 0 Å². The van der Waals surface area contributed by atoms with Gasteiger partial charge >= 0.3 is 0 Å². The third-order valence-electron chi connectivity index (χ3n) is 3.25. The third-order valence-corrected chi connectivity index (χ3v) is 3.25. The second kappa shape index (κ2) is 3.85. The van der Waals surface area contributed by atoms with Crippen LogP contribution in [0.25, 0.3) is 11.0 Å². The fourth-order valence-electron chi connectivity index (χ4n) is 2.00. The summed E-state index contributed by atoms with van der Waals surface area (Å²) in [5.41, 5.74) is 2.77. The Hall–Kier alpha value is -1.88. The molecule has 1 aliphatic rings. The van der Waals surface area contributed by atoms with Gasteiger partial charge in [0, 0.05) is 25.8 Å². The first-order valence-electron chi connectivity index (χ1n) is 5.67. The zero-order chi connectivity index (χ0) is 11.8. The predicted molar refractivity (Wildman–Crippen MR) is 65.9 cm³/mol. The summed E-state index contributed by atoms with van der Waals surface area (Å²) in [4.78, 5) is 21.0. The average Bonchev–Trinajstić information content (AvgIpc) is 2.72. The molecule has 1 amide bonds. The van der Waals surface area contributed by atoms with Gasteiger partial charge in [0.05, 0.1) is 23.3 Å².